The molecule has 2 aromatic rings. The van der Waals surface area contributed by atoms with E-state index in [1.165, 1.54) is 31.4 Å². The third kappa shape index (κ3) is 6.05. The van der Waals surface area contributed by atoms with Crippen molar-refractivity contribution in [3.8, 4) is 5.75 Å². The van der Waals surface area contributed by atoms with Gasteiger partial charge in [0.1, 0.15) is 5.75 Å². The molecule has 0 aliphatic heterocycles. The molecule has 4 N–H and O–H groups in total. The fraction of sp³-hybridized carbons (Fsp3) is 0.118. The second-order valence-corrected chi connectivity index (χ2v) is 7.37. The van der Waals surface area contributed by atoms with Crippen LogP contribution in [0.5, 0.6) is 5.75 Å². The first kappa shape index (κ1) is 21.4. The monoisotopic (exact) mass is 423 g/mol. The number of rotatable bonds is 7. The first-order valence-corrected chi connectivity index (χ1v) is 9.74. The average Bonchev–Trinajstić information content (AvgIpc) is 2.69. The standard InChI is InChI=1S/C17H18ClN5O4S/c1-11(20-23-17(24)12-3-7-14(27-2)8-4-12)16(18)22-21-13-5-9-15(10-6-13)28(19,25)26/h3-10,21H,1-2H3,(H,23,24)(H2,19,25,26)/b20-11+,22-16-. The Bertz CT molecular complexity index is 1000. The number of nitrogens with one attached hydrogen (secondary N) is 2. The maximum Gasteiger partial charge on any atom is 0.271 e. The van der Waals surface area contributed by atoms with Gasteiger partial charge in [-0.3, -0.25) is 10.2 Å². The summed E-state index contributed by atoms with van der Waals surface area (Å²) < 4.78 is 27.5. The van der Waals surface area contributed by atoms with E-state index in [4.69, 9.17) is 21.5 Å². The quantitative estimate of drug-likeness (QED) is 0.463. The van der Waals surface area contributed by atoms with Crippen LogP contribution >= 0.6 is 11.6 Å². The van der Waals surface area contributed by atoms with Gasteiger partial charge in [0, 0.05) is 5.56 Å². The lowest BCUT2D eigenvalue weighted by Crippen LogP contribution is -2.20. The van der Waals surface area contributed by atoms with Crippen LogP contribution in [0.4, 0.5) is 5.69 Å². The Labute approximate surface area is 167 Å². The van der Waals surface area contributed by atoms with E-state index in [-0.39, 0.29) is 15.8 Å². The molecule has 28 heavy (non-hydrogen) atoms. The van der Waals surface area contributed by atoms with Crippen LogP contribution in [0.2, 0.25) is 0 Å². The zero-order valence-corrected chi connectivity index (χ0v) is 16.6. The number of hydrogen-bond donors (Lipinski definition) is 3. The van der Waals surface area contributed by atoms with Gasteiger partial charge in [0.2, 0.25) is 10.0 Å². The molecule has 2 rings (SSSR count). The normalized spacial score (nSPS) is 12.4. The number of nitrogens with two attached hydrogens (primary N) is 1. The molecular formula is C17H18ClN5O4S. The Kier molecular flexibility index (Phi) is 7.10. The van der Waals surface area contributed by atoms with Crippen molar-refractivity contribution in [1.82, 2.24) is 5.43 Å². The highest BCUT2D eigenvalue weighted by atomic mass is 35.5. The summed E-state index contributed by atoms with van der Waals surface area (Å²) in [6.07, 6.45) is 0. The zero-order chi connectivity index (χ0) is 20.7. The van der Waals surface area contributed by atoms with Gasteiger partial charge in [0.05, 0.1) is 23.4 Å². The Morgan fingerprint density at radius 3 is 2.21 bits per heavy atom. The van der Waals surface area contributed by atoms with Crippen LogP contribution in [0, 0.1) is 0 Å². The Morgan fingerprint density at radius 2 is 1.68 bits per heavy atom. The molecule has 0 aliphatic carbocycles. The largest absolute Gasteiger partial charge is 0.497 e. The van der Waals surface area contributed by atoms with Crippen molar-refractivity contribution in [1.29, 1.82) is 0 Å². The van der Waals surface area contributed by atoms with E-state index in [0.29, 0.717) is 17.0 Å². The van der Waals surface area contributed by atoms with Gasteiger partial charge in [-0.1, -0.05) is 11.6 Å². The molecule has 0 saturated carbocycles. The van der Waals surface area contributed by atoms with Gasteiger partial charge in [-0.15, -0.1) is 0 Å². The summed E-state index contributed by atoms with van der Waals surface area (Å²) >= 11 is 6.03. The minimum Gasteiger partial charge on any atom is -0.497 e. The predicted octanol–water partition coefficient (Wildman–Crippen LogP) is 2.11. The number of primary sulfonamides is 1. The van der Waals surface area contributed by atoms with Crippen LogP contribution in [0.3, 0.4) is 0 Å². The van der Waals surface area contributed by atoms with E-state index in [1.54, 1.807) is 31.2 Å². The predicted molar refractivity (Wildman–Crippen MR) is 108 cm³/mol. The van der Waals surface area contributed by atoms with Crippen molar-refractivity contribution in [2.75, 3.05) is 12.5 Å². The SMILES string of the molecule is COc1ccc(C(=O)N/N=C(C)/C(Cl)=N/Nc2ccc(S(N)(=O)=O)cc2)cc1. The number of hydrazone groups is 2. The van der Waals surface area contributed by atoms with Crippen molar-refractivity contribution in [2.24, 2.45) is 15.3 Å². The summed E-state index contributed by atoms with van der Waals surface area (Å²) in [5.74, 6) is 0.215. The number of benzene rings is 2. The third-order valence-corrected chi connectivity index (χ3v) is 4.73. The second kappa shape index (κ2) is 9.31. The third-order valence-electron chi connectivity index (χ3n) is 3.44. The van der Waals surface area contributed by atoms with Crippen molar-refractivity contribution in [3.63, 3.8) is 0 Å². The number of amides is 1. The molecule has 0 atom stereocenters. The van der Waals surface area contributed by atoms with Gasteiger partial charge in [0.15, 0.2) is 5.17 Å². The molecule has 0 radical (unpaired) electrons. The highest BCUT2D eigenvalue weighted by Crippen LogP contribution is 2.13. The van der Waals surface area contributed by atoms with E-state index in [2.05, 4.69) is 21.1 Å². The lowest BCUT2D eigenvalue weighted by Gasteiger charge is -2.05. The lowest BCUT2D eigenvalue weighted by molar-refractivity contribution is 0.0955. The minimum atomic E-state index is -3.76. The topological polar surface area (TPSA) is 135 Å². The summed E-state index contributed by atoms with van der Waals surface area (Å²) in [5, 5.41) is 12.8. The van der Waals surface area contributed by atoms with Crippen LogP contribution in [0.25, 0.3) is 0 Å². The van der Waals surface area contributed by atoms with E-state index in [9.17, 15) is 13.2 Å². The molecule has 11 heteroatoms. The lowest BCUT2D eigenvalue weighted by atomic mass is 10.2. The number of hydrogen-bond acceptors (Lipinski definition) is 7. The number of carbonyl (C=O) groups excluding carboxylic acids is 1. The van der Waals surface area contributed by atoms with Crippen molar-refractivity contribution >= 4 is 44.1 Å². The summed E-state index contributed by atoms with van der Waals surface area (Å²) in [6, 6.07) is 12.1. The van der Waals surface area contributed by atoms with Gasteiger partial charge < -0.3 is 4.74 Å². The number of anilines is 1. The number of halogens is 1. The highest BCUT2D eigenvalue weighted by molar-refractivity contribution is 7.89. The molecule has 0 saturated heterocycles. The second-order valence-electron chi connectivity index (χ2n) is 5.45. The Hall–Kier alpha value is -2.95. The summed E-state index contributed by atoms with van der Waals surface area (Å²) in [6.45, 7) is 1.56. The molecule has 2 aromatic carbocycles. The first-order chi connectivity index (χ1) is 13.2. The van der Waals surface area contributed by atoms with Crippen LogP contribution in [0.15, 0.2) is 63.6 Å². The summed E-state index contributed by atoms with van der Waals surface area (Å²) in [5.41, 5.74) is 6.17. The van der Waals surface area contributed by atoms with Gasteiger partial charge in [0.25, 0.3) is 5.91 Å². The van der Waals surface area contributed by atoms with Crippen LogP contribution < -0.4 is 20.7 Å². The molecule has 9 nitrogen and oxygen atoms in total. The minimum absolute atomic E-state index is 0.00514. The first-order valence-electron chi connectivity index (χ1n) is 7.82. The maximum absolute atomic E-state index is 12.0. The summed E-state index contributed by atoms with van der Waals surface area (Å²) in [4.78, 5) is 12.0. The van der Waals surface area contributed by atoms with Crippen molar-refractivity contribution < 1.29 is 17.9 Å². The molecule has 0 heterocycles. The molecule has 1 amide bonds. The highest BCUT2D eigenvalue weighted by Gasteiger charge is 2.08. The van der Waals surface area contributed by atoms with Crippen molar-refractivity contribution in [2.45, 2.75) is 11.8 Å². The average molecular weight is 424 g/mol. The molecule has 0 unspecified atom stereocenters. The molecule has 0 bridgehead atoms. The number of nitrogens with zero attached hydrogens (tertiary/aromatic N) is 2. The van der Waals surface area contributed by atoms with Crippen LogP contribution in [-0.2, 0) is 10.0 Å². The van der Waals surface area contributed by atoms with Gasteiger partial charge in [-0.2, -0.15) is 10.2 Å². The zero-order valence-electron chi connectivity index (χ0n) is 15.0. The fourth-order valence-corrected chi connectivity index (χ4v) is 2.50. The van der Waals surface area contributed by atoms with Crippen LogP contribution in [0.1, 0.15) is 17.3 Å². The Morgan fingerprint density at radius 1 is 1.07 bits per heavy atom. The number of ether oxygens (including phenoxy) is 1. The van der Waals surface area contributed by atoms with Gasteiger partial charge in [-0.05, 0) is 55.5 Å². The van der Waals surface area contributed by atoms with Gasteiger partial charge in [-0.25, -0.2) is 19.0 Å². The molecule has 148 valence electrons. The molecule has 0 aliphatic rings. The van der Waals surface area contributed by atoms with Gasteiger partial charge >= 0.3 is 0 Å². The Balaban J connectivity index is 1.98. The maximum atomic E-state index is 12.0. The molecule has 0 fully saturated rings. The van der Waals surface area contributed by atoms with E-state index in [1.807, 2.05) is 0 Å². The van der Waals surface area contributed by atoms with Crippen molar-refractivity contribution in [3.05, 3.63) is 54.1 Å². The fourth-order valence-electron chi connectivity index (χ4n) is 1.90. The molecular weight excluding hydrogens is 406 g/mol. The summed E-state index contributed by atoms with van der Waals surface area (Å²) in [7, 11) is -2.23. The van der Waals surface area contributed by atoms with E-state index in [0.717, 1.165) is 0 Å². The van der Waals surface area contributed by atoms with Crippen LogP contribution in [-0.4, -0.2) is 32.3 Å². The van der Waals surface area contributed by atoms with E-state index >= 15 is 0 Å². The number of carbonyl (C=O) groups is 1. The smallest absolute Gasteiger partial charge is 0.271 e. The number of methoxy groups -OCH3 is 1. The van der Waals surface area contributed by atoms with E-state index < -0.39 is 15.9 Å². The molecule has 0 aromatic heterocycles. The molecule has 0 spiro atoms. The number of sulfonamides is 1.